The summed E-state index contributed by atoms with van der Waals surface area (Å²) < 4.78 is 0. The lowest BCUT2D eigenvalue weighted by molar-refractivity contribution is 0.0963. The standard InChI is InChI=1S/C20H28N6O/c1-21-19(27)16-8-5-7-15(13-16)10-12-24-20(22-2)25-14-17-9-6-11-23-18(17)26(3)4/h5-9,11,13H,10,12,14H2,1-4H3,(H,21,27)(H2,22,24,25). The van der Waals surface area contributed by atoms with Crippen molar-refractivity contribution in [3.63, 3.8) is 0 Å². The molecule has 0 radical (unpaired) electrons. The zero-order valence-electron chi connectivity index (χ0n) is 16.4. The minimum atomic E-state index is -0.0737. The predicted molar refractivity (Wildman–Crippen MR) is 110 cm³/mol. The van der Waals surface area contributed by atoms with E-state index >= 15 is 0 Å². The molecule has 2 rings (SSSR count). The Hall–Kier alpha value is -3.09. The third-order valence-corrected chi connectivity index (χ3v) is 4.08. The zero-order valence-corrected chi connectivity index (χ0v) is 16.4. The largest absolute Gasteiger partial charge is 0.362 e. The summed E-state index contributed by atoms with van der Waals surface area (Å²) in [6.07, 6.45) is 2.58. The molecule has 27 heavy (non-hydrogen) atoms. The summed E-state index contributed by atoms with van der Waals surface area (Å²) in [4.78, 5) is 22.4. The van der Waals surface area contributed by atoms with Crippen molar-refractivity contribution in [2.45, 2.75) is 13.0 Å². The average Bonchev–Trinajstić information content (AvgIpc) is 2.70. The quantitative estimate of drug-likeness (QED) is 0.509. The Kier molecular flexibility index (Phi) is 7.61. The molecular formula is C20H28N6O. The van der Waals surface area contributed by atoms with Crippen LogP contribution in [0.5, 0.6) is 0 Å². The van der Waals surface area contributed by atoms with Crippen molar-refractivity contribution >= 4 is 17.7 Å². The smallest absolute Gasteiger partial charge is 0.251 e. The van der Waals surface area contributed by atoms with Gasteiger partial charge in [-0.1, -0.05) is 18.2 Å². The fraction of sp³-hybridized carbons (Fsp3) is 0.350. The van der Waals surface area contributed by atoms with Gasteiger partial charge in [-0.2, -0.15) is 0 Å². The van der Waals surface area contributed by atoms with Crippen LogP contribution in [0, 0.1) is 0 Å². The summed E-state index contributed by atoms with van der Waals surface area (Å²) in [5.41, 5.74) is 2.87. The molecule has 0 unspecified atom stereocenters. The zero-order chi connectivity index (χ0) is 19.6. The molecule has 1 heterocycles. The Bertz CT molecular complexity index is 788. The van der Waals surface area contributed by atoms with Crippen LogP contribution in [0.25, 0.3) is 0 Å². The SMILES string of the molecule is CN=C(NCCc1cccc(C(=O)NC)c1)NCc1cccnc1N(C)C. The third-order valence-electron chi connectivity index (χ3n) is 4.08. The van der Waals surface area contributed by atoms with Crippen LogP contribution >= 0.6 is 0 Å². The van der Waals surface area contributed by atoms with E-state index in [1.807, 2.05) is 55.4 Å². The number of aromatic nitrogens is 1. The van der Waals surface area contributed by atoms with Gasteiger partial charge in [-0.15, -0.1) is 0 Å². The first-order valence-corrected chi connectivity index (χ1v) is 8.92. The Labute approximate surface area is 160 Å². The Morgan fingerprint density at radius 3 is 2.70 bits per heavy atom. The van der Waals surface area contributed by atoms with Crippen LogP contribution in [0.2, 0.25) is 0 Å². The highest BCUT2D eigenvalue weighted by molar-refractivity contribution is 5.94. The van der Waals surface area contributed by atoms with E-state index < -0.39 is 0 Å². The molecule has 7 heteroatoms. The molecule has 0 aliphatic carbocycles. The van der Waals surface area contributed by atoms with Gasteiger partial charge in [0.1, 0.15) is 5.82 Å². The van der Waals surface area contributed by atoms with E-state index in [0.29, 0.717) is 18.7 Å². The molecule has 0 saturated heterocycles. The molecular weight excluding hydrogens is 340 g/mol. The van der Waals surface area contributed by atoms with Gasteiger partial charge >= 0.3 is 0 Å². The van der Waals surface area contributed by atoms with Crippen molar-refractivity contribution in [2.24, 2.45) is 4.99 Å². The molecule has 144 valence electrons. The highest BCUT2D eigenvalue weighted by Gasteiger charge is 2.07. The number of anilines is 1. The Morgan fingerprint density at radius 2 is 2.00 bits per heavy atom. The van der Waals surface area contributed by atoms with Crippen molar-refractivity contribution in [2.75, 3.05) is 39.6 Å². The van der Waals surface area contributed by atoms with E-state index in [-0.39, 0.29) is 5.91 Å². The van der Waals surface area contributed by atoms with Crippen LogP contribution in [0.4, 0.5) is 5.82 Å². The first kappa shape index (κ1) is 20.2. The summed E-state index contributed by atoms with van der Waals surface area (Å²) in [5, 5.41) is 9.26. The molecule has 2 aromatic rings. The molecule has 0 fully saturated rings. The molecule has 3 N–H and O–H groups in total. The summed E-state index contributed by atoms with van der Waals surface area (Å²) >= 11 is 0. The van der Waals surface area contributed by atoms with Crippen molar-refractivity contribution in [1.29, 1.82) is 0 Å². The van der Waals surface area contributed by atoms with E-state index in [9.17, 15) is 4.79 Å². The van der Waals surface area contributed by atoms with E-state index in [4.69, 9.17) is 0 Å². The van der Waals surface area contributed by atoms with Gasteiger partial charge in [0.25, 0.3) is 5.91 Å². The lowest BCUT2D eigenvalue weighted by Crippen LogP contribution is -2.38. The second-order valence-corrected chi connectivity index (χ2v) is 6.26. The molecule has 0 aliphatic rings. The van der Waals surface area contributed by atoms with Gasteiger partial charge in [-0.05, 0) is 30.2 Å². The van der Waals surface area contributed by atoms with Crippen molar-refractivity contribution < 1.29 is 4.79 Å². The third kappa shape index (κ3) is 5.99. The monoisotopic (exact) mass is 368 g/mol. The topological polar surface area (TPSA) is 81.6 Å². The summed E-state index contributed by atoms with van der Waals surface area (Å²) in [6.45, 7) is 1.34. The fourth-order valence-electron chi connectivity index (χ4n) is 2.71. The minimum Gasteiger partial charge on any atom is -0.362 e. The number of hydrogen-bond acceptors (Lipinski definition) is 4. The molecule has 1 aromatic heterocycles. The maximum atomic E-state index is 11.7. The number of hydrogen-bond donors (Lipinski definition) is 3. The van der Waals surface area contributed by atoms with Crippen LogP contribution in [0.1, 0.15) is 21.5 Å². The summed E-state index contributed by atoms with van der Waals surface area (Å²) in [6, 6.07) is 11.6. The Morgan fingerprint density at radius 1 is 1.19 bits per heavy atom. The lowest BCUT2D eigenvalue weighted by atomic mass is 10.1. The molecule has 0 spiro atoms. The van der Waals surface area contributed by atoms with Gasteiger partial charge in [0.15, 0.2) is 5.96 Å². The highest BCUT2D eigenvalue weighted by atomic mass is 16.1. The van der Waals surface area contributed by atoms with Gasteiger partial charge in [0.05, 0.1) is 0 Å². The average molecular weight is 368 g/mol. The number of nitrogens with zero attached hydrogens (tertiary/aromatic N) is 3. The molecule has 1 amide bonds. The van der Waals surface area contributed by atoms with Crippen LogP contribution < -0.4 is 20.9 Å². The van der Waals surface area contributed by atoms with E-state index in [1.165, 1.54) is 0 Å². The van der Waals surface area contributed by atoms with Crippen LogP contribution in [0.15, 0.2) is 47.6 Å². The number of aliphatic imine (C=N–C) groups is 1. The molecule has 7 nitrogen and oxygen atoms in total. The first-order chi connectivity index (χ1) is 13.0. The number of amides is 1. The van der Waals surface area contributed by atoms with Crippen molar-refractivity contribution in [1.82, 2.24) is 20.9 Å². The number of benzene rings is 1. The predicted octanol–water partition coefficient (Wildman–Crippen LogP) is 1.41. The maximum Gasteiger partial charge on any atom is 0.251 e. The molecule has 0 saturated carbocycles. The van der Waals surface area contributed by atoms with Crippen LogP contribution in [0.3, 0.4) is 0 Å². The highest BCUT2D eigenvalue weighted by Crippen LogP contribution is 2.13. The lowest BCUT2D eigenvalue weighted by Gasteiger charge is -2.17. The first-order valence-electron chi connectivity index (χ1n) is 8.92. The maximum absolute atomic E-state index is 11.7. The van der Waals surface area contributed by atoms with Crippen LogP contribution in [-0.2, 0) is 13.0 Å². The van der Waals surface area contributed by atoms with Crippen LogP contribution in [-0.4, -0.2) is 51.6 Å². The summed E-state index contributed by atoms with van der Waals surface area (Å²) in [7, 11) is 7.34. The number of guanidine groups is 1. The van der Waals surface area contributed by atoms with Gasteiger partial charge in [0, 0.05) is 58.6 Å². The van der Waals surface area contributed by atoms with E-state index in [2.05, 4.69) is 25.9 Å². The minimum absolute atomic E-state index is 0.0737. The second kappa shape index (κ2) is 10.2. The molecule has 0 bridgehead atoms. The molecule has 1 aromatic carbocycles. The molecule has 0 atom stereocenters. The van der Waals surface area contributed by atoms with Gasteiger partial charge in [-0.25, -0.2) is 4.98 Å². The van der Waals surface area contributed by atoms with E-state index in [1.54, 1.807) is 20.3 Å². The van der Waals surface area contributed by atoms with Gasteiger partial charge in [-0.3, -0.25) is 9.79 Å². The number of nitrogens with one attached hydrogen (secondary N) is 3. The number of rotatable bonds is 7. The van der Waals surface area contributed by atoms with Crippen molar-refractivity contribution in [3.8, 4) is 0 Å². The fourth-order valence-corrected chi connectivity index (χ4v) is 2.71. The van der Waals surface area contributed by atoms with Gasteiger partial charge < -0.3 is 20.9 Å². The second-order valence-electron chi connectivity index (χ2n) is 6.26. The van der Waals surface area contributed by atoms with E-state index in [0.717, 1.165) is 29.3 Å². The van der Waals surface area contributed by atoms with Gasteiger partial charge in [0.2, 0.25) is 0 Å². The molecule has 0 aliphatic heterocycles. The summed E-state index contributed by atoms with van der Waals surface area (Å²) in [5.74, 6) is 1.59. The normalized spacial score (nSPS) is 11.0. The Balaban J connectivity index is 1.87. The number of carbonyl (C=O) groups excluding carboxylic acids is 1. The number of pyridine rings is 1. The van der Waals surface area contributed by atoms with Crippen molar-refractivity contribution in [3.05, 3.63) is 59.3 Å². The number of carbonyl (C=O) groups is 1.